The van der Waals surface area contributed by atoms with Crippen LogP contribution in [-0.2, 0) is 24.2 Å². The third-order valence-electron chi connectivity index (χ3n) is 7.77. The molecule has 1 aromatic heterocycles. The number of hydroxylamine groups is 1. The first-order chi connectivity index (χ1) is 20.5. The maximum atomic E-state index is 11.9. The van der Waals surface area contributed by atoms with Gasteiger partial charge in [-0.1, -0.05) is 30.3 Å². The maximum Gasteiger partial charge on any atom is 0.319 e. The van der Waals surface area contributed by atoms with Crippen molar-refractivity contribution in [3.8, 4) is 5.75 Å². The van der Waals surface area contributed by atoms with Crippen LogP contribution in [0.4, 0.5) is 10.5 Å². The first kappa shape index (κ1) is 28.9. The van der Waals surface area contributed by atoms with Gasteiger partial charge in [-0.3, -0.25) is 14.9 Å². The molecule has 1 aliphatic rings. The minimum atomic E-state index is -0.553. The molecule has 1 unspecified atom stereocenters. The van der Waals surface area contributed by atoms with Crippen molar-refractivity contribution in [2.75, 3.05) is 25.5 Å². The first-order valence-corrected chi connectivity index (χ1v) is 14.2. The molecule has 0 saturated heterocycles. The number of anilines is 1. The Balaban J connectivity index is 1.37. The Morgan fingerprint density at radius 1 is 1.12 bits per heavy atom. The third kappa shape index (κ3) is 6.82. The summed E-state index contributed by atoms with van der Waals surface area (Å²) in [6, 6.07) is 20.5. The van der Waals surface area contributed by atoms with E-state index < -0.39 is 5.91 Å². The number of nitrogens with zero attached hydrogens (tertiary/aromatic N) is 1. The second-order valence-corrected chi connectivity index (χ2v) is 10.4. The Kier molecular flexibility index (Phi) is 9.21. The van der Waals surface area contributed by atoms with Crippen LogP contribution in [0.15, 0.2) is 72.9 Å². The largest absolute Gasteiger partial charge is 0.497 e. The molecule has 3 aromatic carbocycles. The number of amides is 3. The minimum absolute atomic E-state index is 0.211. The summed E-state index contributed by atoms with van der Waals surface area (Å²) < 4.78 is 5.39. The zero-order valence-corrected chi connectivity index (χ0v) is 23.9. The number of rotatable bonds is 11. The number of aromatic amines is 1. The number of carbonyl (C=O) groups is 2. The number of carbonyl (C=O) groups excluding carboxylic acids is 2. The van der Waals surface area contributed by atoms with Crippen molar-refractivity contribution in [2.45, 2.75) is 38.8 Å². The molecular formula is C33H37N5O4. The number of H-pyrrole nitrogens is 1. The van der Waals surface area contributed by atoms with Crippen LogP contribution >= 0.6 is 0 Å². The molecule has 9 heteroatoms. The zero-order valence-electron chi connectivity index (χ0n) is 23.9. The van der Waals surface area contributed by atoms with E-state index in [4.69, 9.17) is 9.94 Å². The predicted octanol–water partition coefficient (Wildman–Crippen LogP) is 5.57. The van der Waals surface area contributed by atoms with E-state index in [0.29, 0.717) is 6.54 Å². The molecule has 9 nitrogen and oxygen atoms in total. The SMILES string of the molecule is CCNC(=O)Nc1ccc(CN(CCc2c[nH]c3cc(OC)ccc23)C2CCc3cc(C=CC(=O)NO)ccc32)cc1. The highest BCUT2D eigenvalue weighted by atomic mass is 16.5. The lowest BCUT2D eigenvalue weighted by molar-refractivity contribution is -0.124. The second-order valence-electron chi connectivity index (χ2n) is 10.4. The molecule has 0 radical (unpaired) electrons. The minimum Gasteiger partial charge on any atom is -0.497 e. The van der Waals surface area contributed by atoms with Crippen LogP contribution in [-0.4, -0.2) is 47.2 Å². The average Bonchev–Trinajstić information content (AvgIpc) is 3.62. The fraction of sp³-hybridized carbons (Fsp3) is 0.273. The second kappa shape index (κ2) is 13.4. The van der Waals surface area contributed by atoms with Crippen molar-refractivity contribution in [3.05, 3.63) is 101 Å². The van der Waals surface area contributed by atoms with Gasteiger partial charge in [0.1, 0.15) is 5.75 Å². The Morgan fingerprint density at radius 3 is 2.71 bits per heavy atom. The van der Waals surface area contributed by atoms with E-state index >= 15 is 0 Å². The van der Waals surface area contributed by atoms with Crippen LogP contribution in [0.25, 0.3) is 17.0 Å². The normalized spacial score (nSPS) is 14.3. The van der Waals surface area contributed by atoms with Crippen LogP contribution in [0.5, 0.6) is 5.75 Å². The molecule has 0 fully saturated rings. The van der Waals surface area contributed by atoms with Gasteiger partial charge in [-0.05, 0) is 84.3 Å². The van der Waals surface area contributed by atoms with Gasteiger partial charge in [-0.2, -0.15) is 0 Å². The Morgan fingerprint density at radius 2 is 1.95 bits per heavy atom. The lowest BCUT2D eigenvalue weighted by atomic mass is 10.0. The summed E-state index contributed by atoms with van der Waals surface area (Å²) in [5, 5.41) is 15.6. The number of hydrogen-bond donors (Lipinski definition) is 5. The molecule has 1 aliphatic carbocycles. The topological polar surface area (TPSA) is 119 Å². The molecule has 5 rings (SSSR count). The molecule has 0 spiro atoms. The summed E-state index contributed by atoms with van der Waals surface area (Å²) in [6.07, 6.45) is 7.95. The molecule has 0 saturated carbocycles. The number of aryl methyl sites for hydroxylation is 1. The highest BCUT2D eigenvalue weighted by Gasteiger charge is 2.28. The van der Waals surface area contributed by atoms with Crippen molar-refractivity contribution < 1.29 is 19.5 Å². The van der Waals surface area contributed by atoms with E-state index in [1.807, 2.05) is 37.3 Å². The fourth-order valence-corrected chi connectivity index (χ4v) is 5.68. The summed E-state index contributed by atoms with van der Waals surface area (Å²) in [4.78, 5) is 29.3. The number of hydrogen-bond acceptors (Lipinski definition) is 5. The van der Waals surface area contributed by atoms with E-state index in [-0.39, 0.29) is 12.1 Å². The number of methoxy groups -OCH3 is 1. The van der Waals surface area contributed by atoms with E-state index in [2.05, 4.69) is 57.0 Å². The summed E-state index contributed by atoms with van der Waals surface area (Å²) >= 11 is 0. The monoisotopic (exact) mass is 567 g/mol. The van der Waals surface area contributed by atoms with Crippen molar-refractivity contribution >= 4 is 34.6 Å². The van der Waals surface area contributed by atoms with Crippen LogP contribution in [0.2, 0.25) is 0 Å². The summed E-state index contributed by atoms with van der Waals surface area (Å²) in [6.45, 7) is 4.08. The van der Waals surface area contributed by atoms with Gasteiger partial charge < -0.3 is 20.4 Å². The van der Waals surface area contributed by atoms with E-state index in [1.54, 1.807) is 18.7 Å². The Bertz CT molecular complexity index is 1580. The molecular weight excluding hydrogens is 530 g/mol. The van der Waals surface area contributed by atoms with Crippen molar-refractivity contribution in [1.29, 1.82) is 0 Å². The number of aromatic nitrogens is 1. The van der Waals surface area contributed by atoms with Crippen LogP contribution in [0.3, 0.4) is 0 Å². The average molecular weight is 568 g/mol. The lowest BCUT2D eigenvalue weighted by Crippen LogP contribution is -2.29. The van der Waals surface area contributed by atoms with Crippen molar-refractivity contribution in [3.63, 3.8) is 0 Å². The van der Waals surface area contributed by atoms with Gasteiger partial charge in [0.15, 0.2) is 0 Å². The molecule has 4 aromatic rings. The molecule has 42 heavy (non-hydrogen) atoms. The molecule has 1 atom stereocenters. The molecule has 3 amide bonds. The highest BCUT2D eigenvalue weighted by molar-refractivity contribution is 5.91. The number of benzene rings is 3. The van der Waals surface area contributed by atoms with E-state index in [9.17, 15) is 9.59 Å². The van der Waals surface area contributed by atoms with Crippen LogP contribution in [0, 0.1) is 0 Å². The lowest BCUT2D eigenvalue weighted by Gasteiger charge is -2.30. The molecule has 0 aliphatic heterocycles. The summed E-state index contributed by atoms with van der Waals surface area (Å²) in [5.74, 6) is 0.277. The summed E-state index contributed by atoms with van der Waals surface area (Å²) in [5.41, 5.74) is 9.38. The first-order valence-electron chi connectivity index (χ1n) is 14.2. The van der Waals surface area contributed by atoms with Gasteiger partial charge in [0, 0.05) is 60.6 Å². The number of ether oxygens (including phenoxy) is 1. The predicted molar refractivity (Wildman–Crippen MR) is 165 cm³/mol. The van der Waals surface area contributed by atoms with Crippen LogP contribution in [0.1, 0.15) is 47.2 Å². The molecule has 5 N–H and O–H groups in total. The van der Waals surface area contributed by atoms with Gasteiger partial charge >= 0.3 is 6.03 Å². The standard InChI is InChI=1S/C33H37N5O4/c1-3-34-33(40)36-26-9-4-23(5-10-26)21-38(17-16-25-20-35-30-19-27(42-2)11-13-28(25)30)31-14-8-24-18-22(6-12-29(24)31)7-15-32(39)37-41/h4-7,9-13,15,18-20,31,35,41H,3,8,14,16-17,21H2,1-2H3,(H,37,39)(H2,34,36,40). The van der Waals surface area contributed by atoms with Gasteiger partial charge in [0.2, 0.25) is 0 Å². The smallest absolute Gasteiger partial charge is 0.319 e. The number of urea groups is 1. The Hall–Kier alpha value is -4.60. The maximum absolute atomic E-state index is 11.9. The van der Waals surface area contributed by atoms with Crippen molar-refractivity contribution in [2.24, 2.45) is 0 Å². The number of fused-ring (bicyclic) bond motifs is 2. The zero-order chi connectivity index (χ0) is 29.5. The van der Waals surface area contributed by atoms with Crippen molar-refractivity contribution in [1.82, 2.24) is 20.7 Å². The summed E-state index contributed by atoms with van der Waals surface area (Å²) in [7, 11) is 1.68. The van der Waals surface area contributed by atoms with Gasteiger partial charge in [0.05, 0.1) is 7.11 Å². The van der Waals surface area contributed by atoms with Gasteiger partial charge in [-0.25, -0.2) is 10.3 Å². The molecule has 0 bridgehead atoms. The van der Waals surface area contributed by atoms with E-state index in [1.165, 1.54) is 33.7 Å². The highest BCUT2D eigenvalue weighted by Crippen LogP contribution is 2.38. The van der Waals surface area contributed by atoms with Gasteiger partial charge in [0.25, 0.3) is 5.91 Å². The molecule has 218 valence electrons. The Labute approximate surface area is 245 Å². The van der Waals surface area contributed by atoms with E-state index in [0.717, 1.165) is 54.9 Å². The molecule has 1 heterocycles. The fourth-order valence-electron chi connectivity index (χ4n) is 5.68. The quantitative estimate of drug-likeness (QED) is 0.0923. The van der Waals surface area contributed by atoms with Crippen LogP contribution < -0.4 is 20.9 Å². The third-order valence-corrected chi connectivity index (χ3v) is 7.77. The number of nitrogens with one attached hydrogen (secondary N) is 4. The van der Waals surface area contributed by atoms with Gasteiger partial charge in [-0.15, -0.1) is 0 Å².